The van der Waals surface area contributed by atoms with Gasteiger partial charge >= 0.3 is 0 Å². The molecule has 2 aromatic heterocycles. The quantitative estimate of drug-likeness (QED) is 0.849. The van der Waals surface area contributed by atoms with Gasteiger partial charge in [-0.25, -0.2) is 0 Å². The number of nitrogens with zero attached hydrogens (tertiary/aromatic N) is 2. The van der Waals surface area contributed by atoms with Crippen molar-refractivity contribution in [1.29, 1.82) is 0 Å². The molecule has 0 aromatic carbocycles. The summed E-state index contributed by atoms with van der Waals surface area (Å²) in [5, 5.41) is 15.9. The van der Waals surface area contributed by atoms with Crippen LogP contribution in [0.5, 0.6) is 0 Å². The van der Waals surface area contributed by atoms with Crippen LogP contribution in [-0.2, 0) is 0 Å². The molecule has 0 unspecified atom stereocenters. The van der Waals surface area contributed by atoms with Crippen molar-refractivity contribution in [3.05, 3.63) is 35.9 Å². The fourth-order valence-corrected chi connectivity index (χ4v) is 1.63. The molecule has 94 valence electrons. The summed E-state index contributed by atoms with van der Waals surface area (Å²) in [7, 11) is 1.51. The Labute approximate surface area is 104 Å². The maximum atomic E-state index is 11.9. The molecule has 0 aliphatic carbocycles. The molecule has 0 aliphatic heterocycles. The fraction of sp³-hybridized carbons (Fsp3) is 0.250. The van der Waals surface area contributed by atoms with Crippen LogP contribution < -0.4 is 5.32 Å². The van der Waals surface area contributed by atoms with Gasteiger partial charge in [0.05, 0.1) is 0 Å². The Morgan fingerprint density at radius 3 is 2.89 bits per heavy atom. The molecule has 0 saturated carbocycles. The van der Waals surface area contributed by atoms with Gasteiger partial charge in [0, 0.05) is 25.0 Å². The molecule has 6 heteroatoms. The maximum Gasteiger partial charge on any atom is 0.257 e. The molecule has 2 heterocycles. The Bertz CT molecular complexity index is 549. The van der Waals surface area contributed by atoms with Gasteiger partial charge in [-0.15, -0.1) is 0 Å². The number of pyridine rings is 1. The normalized spacial score (nSPS) is 12.2. The zero-order valence-corrected chi connectivity index (χ0v) is 10.0. The standard InChI is InChI=1S/C12H13N3O3/c1-7(16)11-9(12(17)13-2)10(15-18-11)8-4-3-5-14-6-8/h3-7,16H,1-2H3,(H,13,17)/t7-/m0/s1. The van der Waals surface area contributed by atoms with Crippen LogP contribution >= 0.6 is 0 Å². The second-order valence-electron chi connectivity index (χ2n) is 3.77. The van der Waals surface area contributed by atoms with Crippen molar-refractivity contribution < 1.29 is 14.4 Å². The molecule has 0 radical (unpaired) electrons. The highest BCUT2D eigenvalue weighted by Crippen LogP contribution is 2.28. The van der Waals surface area contributed by atoms with E-state index in [0.717, 1.165) is 0 Å². The van der Waals surface area contributed by atoms with Crippen LogP contribution in [0.15, 0.2) is 29.0 Å². The van der Waals surface area contributed by atoms with Gasteiger partial charge in [-0.3, -0.25) is 9.78 Å². The molecule has 6 nitrogen and oxygen atoms in total. The van der Waals surface area contributed by atoms with E-state index in [-0.39, 0.29) is 17.2 Å². The lowest BCUT2D eigenvalue weighted by molar-refractivity contribution is 0.0950. The number of aromatic nitrogens is 2. The summed E-state index contributed by atoms with van der Waals surface area (Å²) in [4.78, 5) is 15.8. The van der Waals surface area contributed by atoms with Crippen molar-refractivity contribution in [2.75, 3.05) is 7.05 Å². The number of hydrogen-bond donors (Lipinski definition) is 2. The summed E-state index contributed by atoms with van der Waals surface area (Å²) in [6.07, 6.45) is 2.30. The predicted molar refractivity (Wildman–Crippen MR) is 63.8 cm³/mol. The predicted octanol–water partition coefficient (Wildman–Crippen LogP) is 1.15. The Hall–Kier alpha value is -2.21. The smallest absolute Gasteiger partial charge is 0.257 e. The van der Waals surface area contributed by atoms with Crippen molar-refractivity contribution in [3.63, 3.8) is 0 Å². The maximum absolute atomic E-state index is 11.9. The first-order valence-corrected chi connectivity index (χ1v) is 5.45. The molecule has 0 saturated heterocycles. The summed E-state index contributed by atoms with van der Waals surface area (Å²) in [6, 6.07) is 3.50. The van der Waals surface area contributed by atoms with E-state index >= 15 is 0 Å². The number of carbonyl (C=O) groups is 1. The number of rotatable bonds is 3. The highest BCUT2D eigenvalue weighted by atomic mass is 16.5. The molecule has 0 spiro atoms. The Morgan fingerprint density at radius 1 is 1.56 bits per heavy atom. The third-order valence-corrected chi connectivity index (χ3v) is 2.49. The molecule has 2 aromatic rings. The molecular weight excluding hydrogens is 234 g/mol. The molecule has 0 aliphatic rings. The SMILES string of the molecule is CNC(=O)c1c(-c2cccnc2)noc1[C@H](C)O. The minimum Gasteiger partial charge on any atom is -0.385 e. The van der Waals surface area contributed by atoms with Crippen LogP contribution in [0.2, 0.25) is 0 Å². The van der Waals surface area contributed by atoms with Gasteiger partial charge in [-0.05, 0) is 19.1 Å². The summed E-state index contributed by atoms with van der Waals surface area (Å²) >= 11 is 0. The van der Waals surface area contributed by atoms with E-state index in [9.17, 15) is 9.90 Å². The highest BCUT2D eigenvalue weighted by Gasteiger charge is 2.25. The Morgan fingerprint density at radius 2 is 2.33 bits per heavy atom. The van der Waals surface area contributed by atoms with Crippen LogP contribution in [0.3, 0.4) is 0 Å². The van der Waals surface area contributed by atoms with Gasteiger partial charge in [0.15, 0.2) is 5.76 Å². The highest BCUT2D eigenvalue weighted by molar-refractivity contribution is 6.00. The van der Waals surface area contributed by atoms with Gasteiger partial charge in [0.1, 0.15) is 17.4 Å². The summed E-state index contributed by atoms with van der Waals surface area (Å²) in [5.74, 6) is -0.209. The third kappa shape index (κ3) is 2.10. The van der Waals surface area contributed by atoms with Crippen molar-refractivity contribution in [2.45, 2.75) is 13.0 Å². The van der Waals surface area contributed by atoms with Crippen molar-refractivity contribution in [1.82, 2.24) is 15.5 Å². The number of amides is 1. The van der Waals surface area contributed by atoms with E-state index in [2.05, 4.69) is 15.5 Å². The molecule has 18 heavy (non-hydrogen) atoms. The van der Waals surface area contributed by atoms with Crippen LogP contribution in [0.4, 0.5) is 0 Å². The number of carbonyl (C=O) groups excluding carboxylic acids is 1. The van der Waals surface area contributed by atoms with Crippen molar-refractivity contribution in [3.8, 4) is 11.3 Å². The van der Waals surface area contributed by atoms with Gasteiger partial charge < -0.3 is 14.9 Å². The van der Waals surface area contributed by atoms with Crippen molar-refractivity contribution >= 4 is 5.91 Å². The van der Waals surface area contributed by atoms with Gasteiger partial charge in [0.25, 0.3) is 5.91 Å². The lowest BCUT2D eigenvalue weighted by Crippen LogP contribution is -2.20. The van der Waals surface area contributed by atoms with Gasteiger partial charge in [-0.2, -0.15) is 0 Å². The van der Waals surface area contributed by atoms with Crippen LogP contribution in [0.1, 0.15) is 29.1 Å². The minimum absolute atomic E-state index is 0.146. The number of aliphatic hydroxyl groups is 1. The van der Waals surface area contributed by atoms with E-state index in [0.29, 0.717) is 11.3 Å². The summed E-state index contributed by atoms with van der Waals surface area (Å²) < 4.78 is 5.05. The molecule has 2 rings (SSSR count). The summed E-state index contributed by atoms with van der Waals surface area (Å²) in [5.41, 5.74) is 1.27. The number of aliphatic hydroxyl groups excluding tert-OH is 1. The topological polar surface area (TPSA) is 88.3 Å². The second kappa shape index (κ2) is 4.97. The second-order valence-corrected chi connectivity index (χ2v) is 3.77. The average molecular weight is 247 g/mol. The lowest BCUT2D eigenvalue weighted by Gasteiger charge is -2.04. The lowest BCUT2D eigenvalue weighted by atomic mass is 10.1. The fourth-order valence-electron chi connectivity index (χ4n) is 1.63. The first kappa shape index (κ1) is 12.3. The number of hydrogen-bond acceptors (Lipinski definition) is 5. The first-order valence-electron chi connectivity index (χ1n) is 5.45. The first-order chi connectivity index (χ1) is 8.65. The summed E-state index contributed by atoms with van der Waals surface area (Å²) in [6.45, 7) is 1.51. The molecule has 0 bridgehead atoms. The molecule has 1 atom stereocenters. The van der Waals surface area contributed by atoms with Gasteiger partial charge in [-0.1, -0.05) is 5.16 Å². The molecule has 1 amide bonds. The van der Waals surface area contributed by atoms with E-state index in [1.807, 2.05) is 0 Å². The average Bonchev–Trinajstić information content (AvgIpc) is 2.83. The zero-order chi connectivity index (χ0) is 13.1. The minimum atomic E-state index is -0.907. The van der Waals surface area contributed by atoms with Crippen molar-refractivity contribution in [2.24, 2.45) is 0 Å². The van der Waals surface area contributed by atoms with Crippen LogP contribution in [-0.4, -0.2) is 28.2 Å². The van der Waals surface area contributed by atoms with Crippen LogP contribution in [0.25, 0.3) is 11.3 Å². The number of nitrogens with one attached hydrogen (secondary N) is 1. The van der Waals surface area contributed by atoms with Gasteiger partial charge in [0.2, 0.25) is 0 Å². The Balaban J connectivity index is 2.58. The van der Waals surface area contributed by atoms with Crippen LogP contribution in [0, 0.1) is 0 Å². The monoisotopic (exact) mass is 247 g/mol. The van der Waals surface area contributed by atoms with E-state index in [1.165, 1.54) is 14.0 Å². The van der Waals surface area contributed by atoms with E-state index in [4.69, 9.17) is 4.52 Å². The molecular formula is C12H13N3O3. The third-order valence-electron chi connectivity index (χ3n) is 2.49. The zero-order valence-electron chi connectivity index (χ0n) is 10.0. The largest absolute Gasteiger partial charge is 0.385 e. The Kier molecular flexibility index (Phi) is 3.38. The van der Waals surface area contributed by atoms with E-state index in [1.54, 1.807) is 24.5 Å². The molecule has 0 fully saturated rings. The molecule has 2 N–H and O–H groups in total. The van der Waals surface area contributed by atoms with E-state index < -0.39 is 6.10 Å².